The van der Waals surface area contributed by atoms with Crippen LogP contribution in [0.3, 0.4) is 0 Å². The molecule has 1 aromatic carbocycles. The summed E-state index contributed by atoms with van der Waals surface area (Å²) in [6.45, 7) is 0. The number of benzene rings is 1. The average molecular weight is 207 g/mol. The van der Waals surface area contributed by atoms with E-state index in [2.05, 4.69) is 47.5 Å². The Morgan fingerprint density at radius 2 is 2.06 bits per heavy atom. The number of aromatic nitrogens is 1. The second-order valence-corrected chi connectivity index (χ2v) is 4.03. The van der Waals surface area contributed by atoms with Crippen LogP contribution in [0.15, 0.2) is 48.7 Å². The molecule has 0 spiro atoms. The standard InChI is InChI=1S/C15H13N/c1-2-4-8-14-12(6-3-1)9-10-13-7-5-11-16-15(13)14/h1-3,5-7,9-11H,4,8H2/b2-1+,6-3-. The van der Waals surface area contributed by atoms with Gasteiger partial charge in [-0.05, 0) is 30.0 Å². The molecule has 0 radical (unpaired) electrons. The monoisotopic (exact) mass is 207 g/mol. The van der Waals surface area contributed by atoms with E-state index in [0.29, 0.717) is 0 Å². The van der Waals surface area contributed by atoms with E-state index in [9.17, 15) is 0 Å². The lowest BCUT2D eigenvalue weighted by atomic mass is 9.97. The van der Waals surface area contributed by atoms with Gasteiger partial charge in [0.1, 0.15) is 0 Å². The van der Waals surface area contributed by atoms with Crippen LogP contribution < -0.4 is 0 Å². The Labute approximate surface area is 95.1 Å². The molecular formula is C15H13N. The molecule has 0 saturated heterocycles. The Hall–Kier alpha value is -1.89. The minimum Gasteiger partial charge on any atom is -0.256 e. The summed E-state index contributed by atoms with van der Waals surface area (Å²) in [6, 6.07) is 8.46. The molecule has 1 aromatic heterocycles. The van der Waals surface area contributed by atoms with Gasteiger partial charge in [-0.2, -0.15) is 0 Å². The first-order chi connectivity index (χ1) is 7.95. The average Bonchev–Trinajstić information content (AvgIpc) is 2.29. The lowest BCUT2D eigenvalue weighted by molar-refractivity contribution is 1.00. The van der Waals surface area contributed by atoms with Crippen molar-refractivity contribution in [2.75, 3.05) is 0 Å². The summed E-state index contributed by atoms with van der Waals surface area (Å²) in [4.78, 5) is 4.51. The second kappa shape index (κ2) is 3.93. The van der Waals surface area contributed by atoms with Crippen molar-refractivity contribution in [2.24, 2.45) is 0 Å². The highest BCUT2D eigenvalue weighted by molar-refractivity contribution is 5.85. The van der Waals surface area contributed by atoms with Gasteiger partial charge in [0.25, 0.3) is 0 Å². The molecule has 1 aliphatic carbocycles. The van der Waals surface area contributed by atoms with Gasteiger partial charge in [0.15, 0.2) is 0 Å². The van der Waals surface area contributed by atoms with Gasteiger partial charge in [0.05, 0.1) is 5.52 Å². The van der Waals surface area contributed by atoms with Gasteiger partial charge in [0.2, 0.25) is 0 Å². The maximum atomic E-state index is 4.51. The lowest BCUT2D eigenvalue weighted by Crippen LogP contribution is -1.94. The number of fused-ring (bicyclic) bond motifs is 3. The summed E-state index contributed by atoms with van der Waals surface area (Å²) in [5, 5.41) is 1.24. The molecule has 0 N–H and O–H groups in total. The maximum absolute atomic E-state index is 4.51. The van der Waals surface area contributed by atoms with Gasteiger partial charge in [-0.25, -0.2) is 0 Å². The molecule has 0 saturated carbocycles. The second-order valence-electron chi connectivity index (χ2n) is 4.03. The van der Waals surface area contributed by atoms with Crippen LogP contribution >= 0.6 is 0 Å². The van der Waals surface area contributed by atoms with Crippen molar-refractivity contribution >= 4 is 17.0 Å². The minimum absolute atomic E-state index is 1.07. The first kappa shape index (κ1) is 9.34. The molecule has 0 amide bonds. The van der Waals surface area contributed by atoms with Crippen molar-refractivity contribution in [1.29, 1.82) is 0 Å². The number of hydrogen-bond donors (Lipinski definition) is 0. The van der Waals surface area contributed by atoms with Crippen LogP contribution in [0.4, 0.5) is 0 Å². The Morgan fingerprint density at radius 3 is 3.06 bits per heavy atom. The molecule has 0 atom stereocenters. The first-order valence-electron chi connectivity index (χ1n) is 5.65. The van der Waals surface area contributed by atoms with E-state index in [1.807, 2.05) is 12.3 Å². The van der Waals surface area contributed by atoms with Crippen molar-refractivity contribution in [1.82, 2.24) is 4.98 Å². The summed E-state index contributed by atoms with van der Waals surface area (Å²) in [7, 11) is 0. The van der Waals surface area contributed by atoms with Crippen molar-refractivity contribution in [2.45, 2.75) is 12.8 Å². The molecule has 1 nitrogen and oxygen atoms in total. The van der Waals surface area contributed by atoms with Crippen LogP contribution in [0.25, 0.3) is 17.0 Å². The molecule has 0 fully saturated rings. The number of allylic oxidation sites excluding steroid dienone is 3. The molecule has 78 valence electrons. The predicted molar refractivity (Wildman–Crippen MR) is 68.2 cm³/mol. The first-order valence-corrected chi connectivity index (χ1v) is 5.65. The zero-order valence-electron chi connectivity index (χ0n) is 9.06. The fourth-order valence-corrected chi connectivity index (χ4v) is 2.20. The van der Waals surface area contributed by atoms with Crippen LogP contribution in [0.1, 0.15) is 17.5 Å². The van der Waals surface area contributed by atoms with E-state index in [1.54, 1.807) is 0 Å². The van der Waals surface area contributed by atoms with E-state index >= 15 is 0 Å². The summed E-state index contributed by atoms with van der Waals surface area (Å²) >= 11 is 0. The Balaban J connectivity index is 2.29. The maximum Gasteiger partial charge on any atom is 0.0739 e. The van der Waals surface area contributed by atoms with Crippen molar-refractivity contribution < 1.29 is 0 Å². The van der Waals surface area contributed by atoms with Crippen LogP contribution in [0, 0.1) is 0 Å². The number of nitrogens with zero attached hydrogens (tertiary/aromatic N) is 1. The van der Waals surface area contributed by atoms with Gasteiger partial charge in [0, 0.05) is 11.6 Å². The van der Waals surface area contributed by atoms with Gasteiger partial charge < -0.3 is 0 Å². The van der Waals surface area contributed by atoms with Gasteiger partial charge in [-0.1, -0.05) is 42.5 Å². The highest BCUT2D eigenvalue weighted by atomic mass is 14.6. The third-order valence-electron chi connectivity index (χ3n) is 3.00. The van der Waals surface area contributed by atoms with Gasteiger partial charge in [-0.15, -0.1) is 0 Å². The molecule has 0 bridgehead atoms. The van der Waals surface area contributed by atoms with Crippen LogP contribution in [-0.4, -0.2) is 4.98 Å². The van der Waals surface area contributed by atoms with E-state index < -0.39 is 0 Å². The normalized spacial score (nSPS) is 18.5. The molecule has 16 heavy (non-hydrogen) atoms. The highest BCUT2D eigenvalue weighted by Gasteiger charge is 2.06. The zero-order valence-corrected chi connectivity index (χ0v) is 9.06. The molecule has 1 aliphatic rings. The summed E-state index contributed by atoms with van der Waals surface area (Å²) in [5.41, 5.74) is 3.83. The third kappa shape index (κ3) is 1.54. The van der Waals surface area contributed by atoms with Crippen LogP contribution in [0.2, 0.25) is 0 Å². The van der Waals surface area contributed by atoms with Crippen LogP contribution in [-0.2, 0) is 6.42 Å². The highest BCUT2D eigenvalue weighted by Crippen LogP contribution is 2.24. The molecule has 1 heterocycles. The van der Waals surface area contributed by atoms with Crippen molar-refractivity contribution in [3.8, 4) is 0 Å². The zero-order chi connectivity index (χ0) is 10.8. The van der Waals surface area contributed by atoms with E-state index in [1.165, 1.54) is 16.5 Å². The largest absolute Gasteiger partial charge is 0.256 e. The third-order valence-corrected chi connectivity index (χ3v) is 3.00. The molecular weight excluding hydrogens is 194 g/mol. The number of rotatable bonds is 0. The van der Waals surface area contributed by atoms with Gasteiger partial charge >= 0.3 is 0 Å². The smallest absolute Gasteiger partial charge is 0.0739 e. The fraction of sp³-hybridized carbons (Fsp3) is 0.133. The fourth-order valence-electron chi connectivity index (χ4n) is 2.20. The summed E-state index contributed by atoms with van der Waals surface area (Å²) < 4.78 is 0. The molecule has 2 aromatic rings. The van der Waals surface area contributed by atoms with E-state index in [0.717, 1.165) is 18.4 Å². The van der Waals surface area contributed by atoms with E-state index in [4.69, 9.17) is 0 Å². The van der Waals surface area contributed by atoms with Crippen LogP contribution in [0.5, 0.6) is 0 Å². The Kier molecular flexibility index (Phi) is 2.30. The molecule has 0 aliphatic heterocycles. The Morgan fingerprint density at radius 1 is 1.06 bits per heavy atom. The minimum atomic E-state index is 1.07. The summed E-state index contributed by atoms with van der Waals surface area (Å²) in [6.07, 6.45) is 12.6. The molecule has 3 rings (SSSR count). The molecule has 0 unspecified atom stereocenters. The lowest BCUT2D eigenvalue weighted by Gasteiger charge is -2.10. The quantitative estimate of drug-likeness (QED) is 0.641. The topological polar surface area (TPSA) is 12.9 Å². The molecule has 1 heteroatoms. The van der Waals surface area contributed by atoms with Crippen molar-refractivity contribution in [3.63, 3.8) is 0 Å². The number of hydrogen-bond acceptors (Lipinski definition) is 1. The van der Waals surface area contributed by atoms with E-state index in [-0.39, 0.29) is 0 Å². The number of aryl methyl sites for hydroxylation is 1. The Bertz CT molecular complexity index is 579. The van der Waals surface area contributed by atoms with Gasteiger partial charge in [-0.3, -0.25) is 4.98 Å². The SMILES string of the molecule is C1=C\c2ccc3cccnc3c2CC/C=C/1. The number of pyridine rings is 1. The predicted octanol–water partition coefficient (Wildman–Crippen LogP) is 3.75. The summed E-state index contributed by atoms with van der Waals surface area (Å²) in [5.74, 6) is 0. The van der Waals surface area contributed by atoms with Crippen molar-refractivity contribution in [3.05, 3.63) is 59.8 Å².